The van der Waals surface area contributed by atoms with Crippen LogP contribution in [0.25, 0.3) is 0 Å². The second-order valence-corrected chi connectivity index (χ2v) is 7.43. The van der Waals surface area contributed by atoms with E-state index in [9.17, 15) is 10.2 Å². The molecule has 0 bridgehead atoms. The van der Waals surface area contributed by atoms with Crippen molar-refractivity contribution in [3.8, 4) is 11.8 Å². The minimum atomic E-state index is -0.543. The van der Waals surface area contributed by atoms with E-state index in [4.69, 9.17) is 5.11 Å². The monoisotopic (exact) mass is 320 g/mol. The lowest BCUT2D eigenvalue weighted by Crippen LogP contribution is -2.24. The van der Waals surface area contributed by atoms with Gasteiger partial charge >= 0.3 is 0 Å². The van der Waals surface area contributed by atoms with Gasteiger partial charge in [-0.05, 0) is 50.9 Å². The maximum atomic E-state index is 9.63. The standard InChI is InChI=1S/C20H32O3/c1-16(21)9-8-12-20(2,3)11-7-5-4-6-10-17-13-18(22)15-19(23)14-17/h4,6,10,16,18-19,21-23H,5,7,11-15H2,1-3H3/b6-4+,17-10?. The molecule has 3 atom stereocenters. The molecule has 0 aromatic heterocycles. The number of aliphatic hydroxyl groups is 3. The fourth-order valence-corrected chi connectivity index (χ4v) is 2.83. The molecule has 0 aromatic rings. The van der Waals surface area contributed by atoms with Gasteiger partial charge in [-0.2, -0.15) is 0 Å². The molecule has 0 radical (unpaired) electrons. The Morgan fingerprint density at radius 1 is 1.26 bits per heavy atom. The first-order chi connectivity index (χ1) is 10.8. The van der Waals surface area contributed by atoms with Gasteiger partial charge in [0, 0.05) is 6.42 Å². The summed E-state index contributed by atoms with van der Waals surface area (Å²) in [5, 5.41) is 28.4. The largest absolute Gasteiger partial charge is 0.393 e. The number of aliphatic hydroxyl groups excluding tert-OH is 3. The number of unbranched alkanes of at least 4 members (excludes halogenated alkanes) is 1. The van der Waals surface area contributed by atoms with Crippen molar-refractivity contribution in [1.82, 2.24) is 0 Å². The minimum absolute atomic E-state index is 0.172. The zero-order chi connectivity index (χ0) is 17.3. The van der Waals surface area contributed by atoms with E-state index in [0.29, 0.717) is 19.3 Å². The zero-order valence-electron chi connectivity index (χ0n) is 14.8. The Morgan fingerprint density at radius 2 is 1.91 bits per heavy atom. The predicted octanol–water partition coefficient (Wildman–Crippen LogP) is 3.35. The highest BCUT2D eigenvalue weighted by atomic mass is 16.3. The second-order valence-electron chi connectivity index (χ2n) is 7.43. The summed E-state index contributed by atoms with van der Waals surface area (Å²) >= 11 is 0. The van der Waals surface area contributed by atoms with E-state index >= 15 is 0 Å². The van der Waals surface area contributed by atoms with Crippen LogP contribution in [0.4, 0.5) is 0 Å². The summed E-state index contributed by atoms with van der Waals surface area (Å²) in [4.78, 5) is 0. The quantitative estimate of drug-likeness (QED) is 0.519. The molecule has 0 amide bonds. The molecule has 1 rings (SSSR count). The van der Waals surface area contributed by atoms with Gasteiger partial charge < -0.3 is 15.3 Å². The molecule has 0 heterocycles. The van der Waals surface area contributed by atoms with Gasteiger partial charge in [-0.3, -0.25) is 0 Å². The molecule has 0 spiro atoms. The van der Waals surface area contributed by atoms with Crippen LogP contribution in [0.3, 0.4) is 0 Å². The highest BCUT2D eigenvalue weighted by Gasteiger charge is 2.20. The van der Waals surface area contributed by atoms with E-state index in [-0.39, 0.29) is 5.41 Å². The second kappa shape index (κ2) is 9.93. The Balaban J connectivity index is 2.27. The number of hydrogen-bond donors (Lipinski definition) is 3. The van der Waals surface area contributed by atoms with Crippen molar-refractivity contribution in [3.05, 3.63) is 23.8 Å². The first-order valence-electron chi connectivity index (χ1n) is 8.65. The van der Waals surface area contributed by atoms with Gasteiger partial charge in [-0.1, -0.05) is 43.6 Å². The highest BCUT2D eigenvalue weighted by Crippen LogP contribution is 2.27. The van der Waals surface area contributed by atoms with Crippen LogP contribution in [0.1, 0.15) is 65.7 Å². The predicted molar refractivity (Wildman–Crippen MR) is 94.8 cm³/mol. The highest BCUT2D eigenvalue weighted by molar-refractivity contribution is 5.16. The van der Waals surface area contributed by atoms with Gasteiger partial charge in [0.15, 0.2) is 0 Å². The van der Waals surface area contributed by atoms with Crippen LogP contribution in [0.2, 0.25) is 0 Å². The summed E-state index contributed by atoms with van der Waals surface area (Å²) in [5.74, 6) is 5.85. The summed E-state index contributed by atoms with van der Waals surface area (Å²) in [5.41, 5.74) is 1.30. The Kier molecular flexibility index (Phi) is 8.62. The van der Waals surface area contributed by atoms with Gasteiger partial charge in [-0.15, -0.1) is 5.92 Å². The summed E-state index contributed by atoms with van der Waals surface area (Å²) < 4.78 is 0. The number of rotatable bonds is 6. The number of allylic oxidation sites excluding steroid dienone is 3. The van der Waals surface area contributed by atoms with Gasteiger partial charge in [0.05, 0.1) is 12.2 Å². The van der Waals surface area contributed by atoms with Crippen molar-refractivity contribution in [1.29, 1.82) is 0 Å². The third-order valence-electron chi connectivity index (χ3n) is 4.11. The summed E-state index contributed by atoms with van der Waals surface area (Å²) in [6, 6.07) is 0. The molecule has 1 aliphatic rings. The molecule has 1 saturated carbocycles. The van der Waals surface area contributed by atoms with E-state index in [1.165, 1.54) is 0 Å². The molecule has 0 aromatic carbocycles. The molecular formula is C20H32O3. The van der Waals surface area contributed by atoms with Crippen molar-refractivity contribution >= 4 is 0 Å². The van der Waals surface area contributed by atoms with E-state index in [1.807, 2.05) is 12.2 Å². The molecule has 3 unspecified atom stereocenters. The minimum Gasteiger partial charge on any atom is -0.393 e. The lowest BCUT2D eigenvalue weighted by Gasteiger charge is -2.24. The molecule has 1 aliphatic carbocycles. The molecular weight excluding hydrogens is 288 g/mol. The summed E-state index contributed by atoms with van der Waals surface area (Å²) in [6.45, 7) is 6.10. The average Bonchev–Trinajstić information content (AvgIpc) is 2.41. The van der Waals surface area contributed by atoms with Crippen molar-refractivity contribution in [2.24, 2.45) is 5.41 Å². The summed E-state index contributed by atoms with van der Waals surface area (Å²) in [6.07, 6.45) is 10.8. The lowest BCUT2D eigenvalue weighted by molar-refractivity contribution is 0.0609. The van der Waals surface area contributed by atoms with Crippen LogP contribution in [0.15, 0.2) is 23.8 Å². The molecule has 3 N–H and O–H groups in total. The van der Waals surface area contributed by atoms with Gasteiger partial charge in [-0.25, -0.2) is 0 Å². The Hall–Kier alpha value is -1.08. The van der Waals surface area contributed by atoms with E-state index in [0.717, 1.165) is 31.3 Å². The first kappa shape index (κ1) is 20.0. The van der Waals surface area contributed by atoms with Crippen LogP contribution in [-0.2, 0) is 0 Å². The third kappa shape index (κ3) is 9.61. The molecule has 3 nitrogen and oxygen atoms in total. The maximum Gasteiger partial charge on any atom is 0.111 e. The lowest BCUT2D eigenvalue weighted by atomic mass is 9.84. The molecule has 0 saturated heterocycles. The fraction of sp³-hybridized carbons (Fsp3) is 0.700. The molecule has 130 valence electrons. The van der Waals surface area contributed by atoms with Crippen LogP contribution in [0.5, 0.6) is 0 Å². The van der Waals surface area contributed by atoms with Crippen LogP contribution >= 0.6 is 0 Å². The molecule has 3 heteroatoms. The third-order valence-corrected chi connectivity index (χ3v) is 4.11. The molecule has 1 fully saturated rings. The maximum absolute atomic E-state index is 9.63. The van der Waals surface area contributed by atoms with Crippen molar-refractivity contribution in [2.45, 2.75) is 84.0 Å². The zero-order valence-corrected chi connectivity index (χ0v) is 14.8. The topological polar surface area (TPSA) is 60.7 Å². The van der Waals surface area contributed by atoms with Gasteiger partial charge in [0.1, 0.15) is 6.10 Å². The van der Waals surface area contributed by atoms with E-state index in [1.54, 1.807) is 6.92 Å². The van der Waals surface area contributed by atoms with Crippen LogP contribution < -0.4 is 0 Å². The van der Waals surface area contributed by atoms with E-state index < -0.39 is 18.3 Å². The Labute approximate surface area is 141 Å². The van der Waals surface area contributed by atoms with Crippen molar-refractivity contribution in [3.63, 3.8) is 0 Å². The molecule has 0 aliphatic heterocycles. The number of hydrogen-bond acceptors (Lipinski definition) is 3. The van der Waals surface area contributed by atoms with Crippen molar-refractivity contribution < 1.29 is 15.3 Å². The Morgan fingerprint density at radius 3 is 2.52 bits per heavy atom. The SMILES string of the molecule is CC(O)C#CCC(C)(C)CCC/C=C/C=C1CC(O)CC(O)C1. The van der Waals surface area contributed by atoms with Crippen molar-refractivity contribution in [2.75, 3.05) is 0 Å². The van der Waals surface area contributed by atoms with Gasteiger partial charge in [0.25, 0.3) is 0 Å². The first-order valence-corrected chi connectivity index (χ1v) is 8.65. The normalized spacial score (nSPS) is 23.5. The smallest absolute Gasteiger partial charge is 0.111 e. The van der Waals surface area contributed by atoms with Gasteiger partial charge in [0.2, 0.25) is 0 Å². The summed E-state index contributed by atoms with van der Waals surface area (Å²) in [7, 11) is 0. The molecule has 23 heavy (non-hydrogen) atoms. The average molecular weight is 320 g/mol. The van der Waals surface area contributed by atoms with E-state index in [2.05, 4.69) is 31.8 Å². The van der Waals surface area contributed by atoms with Crippen LogP contribution in [-0.4, -0.2) is 33.6 Å². The van der Waals surface area contributed by atoms with Crippen LogP contribution in [0, 0.1) is 17.3 Å². The fourth-order valence-electron chi connectivity index (χ4n) is 2.83. The Bertz CT molecular complexity index is 451.